The summed E-state index contributed by atoms with van der Waals surface area (Å²) in [7, 11) is 0. The van der Waals surface area contributed by atoms with E-state index in [1.165, 1.54) is 25.7 Å². The third-order valence-electron chi connectivity index (χ3n) is 8.39. The van der Waals surface area contributed by atoms with Gasteiger partial charge in [0.15, 0.2) is 17.0 Å². The first-order valence-electron chi connectivity index (χ1n) is 14.3. The molecule has 3 aromatic rings. The molecule has 6 rings (SSSR count). The third kappa shape index (κ3) is 5.55. The molecule has 202 valence electrons. The highest BCUT2D eigenvalue weighted by molar-refractivity contribution is 5.89. The first-order chi connectivity index (χ1) is 18.6. The van der Waals surface area contributed by atoms with Crippen LogP contribution in [0.15, 0.2) is 36.7 Å². The van der Waals surface area contributed by atoms with Gasteiger partial charge in [-0.1, -0.05) is 31.0 Å². The van der Waals surface area contributed by atoms with Crippen molar-refractivity contribution in [3.8, 4) is 0 Å². The molecule has 5 N–H and O–H groups in total. The van der Waals surface area contributed by atoms with Crippen LogP contribution in [-0.4, -0.2) is 61.7 Å². The van der Waals surface area contributed by atoms with Gasteiger partial charge < -0.3 is 31.2 Å². The van der Waals surface area contributed by atoms with Crippen molar-refractivity contribution in [1.82, 2.24) is 24.4 Å². The second-order valence-electron chi connectivity index (χ2n) is 11.1. The minimum atomic E-state index is -0.0481. The fourth-order valence-corrected chi connectivity index (χ4v) is 6.12. The number of piperidine rings is 1. The maximum Gasteiger partial charge on any atom is 0.321 e. The molecule has 0 unspecified atom stereocenters. The molecule has 3 aliphatic rings. The Balaban J connectivity index is 1.17. The van der Waals surface area contributed by atoms with Crippen LogP contribution in [0.5, 0.6) is 0 Å². The van der Waals surface area contributed by atoms with Gasteiger partial charge in [0.2, 0.25) is 5.95 Å². The van der Waals surface area contributed by atoms with Gasteiger partial charge in [0, 0.05) is 42.9 Å². The fourth-order valence-electron chi connectivity index (χ4n) is 6.12. The summed E-state index contributed by atoms with van der Waals surface area (Å²) in [6, 6.07) is 10.9. The zero-order chi connectivity index (χ0) is 25.9. The molecule has 10 nitrogen and oxygen atoms in total. The largest absolute Gasteiger partial charge is 0.365 e. The Labute approximate surface area is 223 Å². The summed E-state index contributed by atoms with van der Waals surface area (Å²) in [4.78, 5) is 29.3. The van der Waals surface area contributed by atoms with Gasteiger partial charge in [-0.3, -0.25) is 0 Å². The number of benzene rings is 1. The van der Waals surface area contributed by atoms with Gasteiger partial charge >= 0.3 is 6.03 Å². The minimum absolute atomic E-state index is 0.0481. The van der Waals surface area contributed by atoms with E-state index in [1.807, 2.05) is 41.6 Å². The Bertz CT molecular complexity index is 1220. The highest BCUT2D eigenvalue weighted by Gasteiger charge is 2.27. The average molecular weight is 518 g/mol. The molecular weight excluding hydrogens is 478 g/mol. The Hall–Kier alpha value is -3.40. The zero-order valence-corrected chi connectivity index (χ0v) is 22.0. The van der Waals surface area contributed by atoms with E-state index < -0.39 is 0 Å². The van der Waals surface area contributed by atoms with E-state index in [0.29, 0.717) is 37.2 Å². The number of carbonyl (C=O) groups is 1. The zero-order valence-electron chi connectivity index (χ0n) is 22.0. The number of urea groups is 1. The van der Waals surface area contributed by atoms with Crippen molar-refractivity contribution < 1.29 is 4.79 Å². The van der Waals surface area contributed by atoms with Crippen LogP contribution in [0, 0.1) is 0 Å². The van der Waals surface area contributed by atoms with Crippen molar-refractivity contribution in [2.75, 3.05) is 29.0 Å². The lowest BCUT2D eigenvalue weighted by molar-refractivity contribution is 0.197. The van der Waals surface area contributed by atoms with Gasteiger partial charge in [-0.05, 0) is 63.5 Å². The van der Waals surface area contributed by atoms with Crippen molar-refractivity contribution >= 4 is 34.6 Å². The maximum atomic E-state index is 12.7. The van der Waals surface area contributed by atoms with Crippen LogP contribution in [0.1, 0.15) is 70.3 Å². The number of nitrogens with one attached hydrogen (secondary N) is 3. The molecule has 38 heavy (non-hydrogen) atoms. The molecule has 0 bridgehead atoms. The number of fused-ring (bicyclic) bond motifs is 1. The minimum Gasteiger partial charge on any atom is -0.365 e. The van der Waals surface area contributed by atoms with Gasteiger partial charge in [0.1, 0.15) is 0 Å². The summed E-state index contributed by atoms with van der Waals surface area (Å²) in [5.41, 5.74) is 8.68. The van der Waals surface area contributed by atoms with Crippen molar-refractivity contribution in [1.29, 1.82) is 0 Å². The molecule has 1 aromatic carbocycles. The number of anilines is 3. The lowest BCUT2D eigenvalue weighted by Gasteiger charge is -2.32. The summed E-state index contributed by atoms with van der Waals surface area (Å²) >= 11 is 0. The van der Waals surface area contributed by atoms with E-state index in [1.54, 1.807) is 0 Å². The van der Waals surface area contributed by atoms with Crippen LogP contribution in [0.2, 0.25) is 0 Å². The van der Waals surface area contributed by atoms with E-state index in [2.05, 4.69) is 20.5 Å². The number of aromatic nitrogens is 4. The lowest BCUT2D eigenvalue weighted by atomic mass is 9.92. The number of hydrogen-bond donors (Lipinski definition) is 4. The fraction of sp³-hybridized carbons (Fsp3) is 0.571. The predicted molar refractivity (Wildman–Crippen MR) is 150 cm³/mol. The van der Waals surface area contributed by atoms with E-state index in [0.717, 1.165) is 61.2 Å². The molecule has 2 aromatic heterocycles. The standard InChI is InChI=1S/C28H39N9O/c29-19-10-12-21(13-11-19)32-27-34-25(24-26(35-27)37(18-30-24)23-8-4-5-9-23)31-22-14-16-36(17-15-22)28(38)33-20-6-2-1-3-7-20/h1-3,6-7,18-19,21-23H,4-5,8-17,29H2,(H,33,38)(H2,31,32,34,35). The third-order valence-corrected chi connectivity index (χ3v) is 8.39. The number of nitrogens with two attached hydrogens (primary N) is 1. The summed E-state index contributed by atoms with van der Waals surface area (Å²) < 4.78 is 2.26. The van der Waals surface area contributed by atoms with Crippen molar-refractivity contribution in [2.45, 2.75) is 88.4 Å². The van der Waals surface area contributed by atoms with E-state index >= 15 is 0 Å². The van der Waals surface area contributed by atoms with E-state index in [4.69, 9.17) is 20.7 Å². The Kier molecular flexibility index (Phi) is 7.31. The van der Waals surface area contributed by atoms with Gasteiger partial charge in [-0.15, -0.1) is 0 Å². The van der Waals surface area contributed by atoms with Crippen LogP contribution in [0.25, 0.3) is 11.2 Å². The second-order valence-corrected chi connectivity index (χ2v) is 11.1. The van der Waals surface area contributed by atoms with Crippen molar-refractivity contribution in [3.63, 3.8) is 0 Å². The summed E-state index contributed by atoms with van der Waals surface area (Å²) in [5.74, 6) is 1.45. The van der Waals surface area contributed by atoms with Crippen LogP contribution in [0.4, 0.5) is 22.2 Å². The van der Waals surface area contributed by atoms with E-state index in [9.17, 15) is 4.79 Å². The number of rotatable bonds is 6. The van der Waals surface area contributed by atoms with Crippen LogP contribution >= 0.6 is 0 Å². The molecule has 0 atom stereocenters. The van der Waals surface area contributed by atoms with Gasteiger partial charge in [0.25, 0.3) is 0 Å². The molecular formula is C28H39N9O. The molecule has 10 heteroatoms. The monoisotopic (exact) mass is 517 g/mol. The molecule has 3 fully saturated rings. The molecule has 1 saturated heterocycles. The number of hydrogen-bond acceptors (Lipinski definition) is 7. The maximum absolute atomic E-state index is 12.7. The lowest BCUT2D eigenvalue weighted by Crippen LogP contribution is -2.44. The number of para-hydroxylation sites is 1. The second kappa shape index (κ2) is 11.1. The van der Waals surface area contributed by atoms with Gasteiger partial charge in [-0.25, -0.2) is 9.78 Å². The highest BCUT2D eigenvalue weighted by Crippen LogP contribution is 2.34. The normalized spacial score (nSPS) is 23.0. The average Bonchev–Trinajstić information content (AvgIpc) is 3.61. The first-order valence-corrected chi connectivity index (χ1v) is 14.3. The van der Waals surface area contributed by atoms with Crippen molar-refractivity contribution in [2.24, 2.45) is 5.73 Å². The Morgan fingerprint density at radius 1 is 0.868 bits per heavy atom. The predicted octanol–water partition coefficient (Wildman–Crippen LogP) is 4.73. The number of amides is 2. The molecule has 0 radical (unpaired) electrons. The smallest absolute Gasteiger partial charge is 0.321 e. The van der Waals surface area contributed by atoms with Crippen LogP contribution in [0.3, 0.4) is 0 Å². The summed E-state index contributed by atoms with van der Waals surface area (Å²) in [5, 5.41) is 10.3. The SMILES string of the molecule is NC1CCC(Nc2nc(NC3CCN(C(=O)Nc4ccccc4)CC3)c3ncn(C4CCCC4)c3n2)CC1. The number of imidazole rings is 1. The Morgan fingerprint density at radius 3 is 2.32 bits per heavy atom. The quantitative estimate of drug-likeness (QED) is 0.372. The Morgan fingerprint density at radius 2 is 1.58 bits per heavy atom. The van der Waals surface area contributed by atoms with Gasteiger partial charge in [-0.2, -0.15) is 9.97 Å². The van der Waals surface area contributed by atoms with Crippen molar-refractivity contribution in [3.05, 3.63) is 36.7 Å². The number of likely N-dealkylation sites (tertiary alicyclic amines) is 1. The number of carbonyl (C=O) groups excluding carboxylic acids is 1. The molecule has 2 aliphatic carbocycles. The number of nitrogens with zero attached hydrogens (tertiary/aromatic N) is 5. The summed E-state index contributed by atoms with van der Waals surface area (Å²) in [6.07, 6.45) is 12.6. The topological polar surface area (TPSA) is 126 Å². The molecule has 2 saturated carbocycles. The molecule has 3 heterocycles. The highest BCUT2D eigenvalue weighted by atomic mass is 16.2. The van der Waals surface area contributed by atoms with Gasteiger partial charge in [0.05, 0.1) is 6.33 Å². The molecule has 2 amide bonds. The van der Waals surface area contributed by atoms with Crippen LogP contribution in [-0.2, 0) is 0 Å². The molecule has 0 spiro atoms. The first kappa shape index (κ1) is 24.9. The van der Waals surface area contributed by atoms with E-state index in [-0.39, 0.29) is 12.1 Å². The molecule has 1 aliphatic heterocycles. The summed E-state index contributed by atoms with van der Waals surface area (Å²) in [6.45, 7) is 1.38. The van der Waals surface area contributed by atoms with Crippen LogP contribution < -0.4 is 21.7 Å².